The third-order valence-corrected chi connectivity index (χ3v) is 2.64. The third kappa shape index (κ3) is 1.86. The highest BCUT2D eigenvalue weighted by Crippen LogP contribution is 2.50. The summed E-state index contributed by atoms with van der Waals surface area (Å²) in [5.74, 6) is 0. The van der Waals surface area contributed by atoms with Gasteiger partial charge in [0.1, 0.15) is 0 Å². The normalized spacial score (nSPS) is 15.0. The Kier molecular flexibility index (Phi) is 3.10. The van der Waals surface area contributed by atoms with Crippen molar-refractivity contribution in [2.45, 2.75) is 19.3 Å². The summed E-state index contributed by atoms with van der Waals surface area (Å²) in [5, 5.41) is -1.19. The quantitative estimate of drug-likeness (QED) is 0.499. The summed E-state index contributed by atoms with van der Waals surface area (Å²) in [4.78, 5) is 0. The fraction of sp³-hybridized carbons (Fsp3) is 1.00. The second-order valence-corrected chi connectivity index (χ2v) is 3.02. The summed E-state index contributed by atoms with van der Waals surface area (Å²) in [6, 6.07) is 0. The Labute approximate surface area is 73.1 Å². The molecule has 0 heterocycles. The van der Waals surface area contributed by atoms with Crippen LogP contribution in [0.25, 0.3) is 0 Å². The molecule has 0 radical (unpaired) electrons. The first-order chi connectivity index (χ1) is 5.06. The van der Waals surface area contributed by atoms with E-state index in [-0.39, 0.29) is 6.92 Å². The summed E-state index contributed by atoms with van der Waals surface area (Å²) in [6.07, 6.45) is -10.6. The lowest BCUT2D eigenvalue weighted by Gasteiger charge is -2.31. The van der Waals surface area contributed by atoms with Crippen molar-refractivity contribution in [2.24, 2.45) is 5.41 Å². The molecule has 74 valence electrons. The van der Waals surface area contributed by atoms with E-state index >= 15 is 0 Å². The van der Waals surface area contributed by atoms with E-state index in [1.54, 1.807) is 0 Å². The number of halogens is 7. The number of hydrogen-bond donors (Lipinski definition) is 0. The minimum Gasteiger partial charge on any atom is -0.170 e. The standard InChI is InChI=1S/C5H5BrF6/c1-3(2-6,4(7,8)9)5(10,11)12/h2H2,1H3. The lowest BCUT2D eigenvalue weighted by Crippen LogP contribution is -2.48. The van der Waals surface area contributed by atoms with Gasteiger partial charge in [0.05, 0.1) is 0 Å². The monoisotopic (exact) mass is 258 g/mol. The van der Waals surface area contributed by atoms with Gasteiger partial charge in [0, 0.05) is 5.33 Å². The van der Waals surface area contributed by atoms with Gasteiger partial charge in [-0.1, -0.05) is 15.9 Å². The molecule has 0 spiro atoms. The molecule has 0 aliphatic heterocycles. The Morgan fingerprint density at radius 3 is 1.17 bits per heavy atom. The van der Waals surface area contributed by atoms with Crippen LogP contribution >= 0.6 is 15.9 Å². The maximum atomic E-state index is 11.9. The summed E-state index contributed by atoms with van der Waals surface area (Å²) in [5.41, 5.74) is -3.67. The summed E-state index contributed by atoms with van der Waals surface area (Å²) < 4.78 is 71.1. The number of rotatable bonds is 1. The van der Waals surface area contributed by atoms with Crippen LogP contribution in [0.3, 0.4) is 0 Å². The van der Waals surface area contributed by atoms with Crippen LogP contribution in [0.4, 0.5) is 26.3 Å². The Morgan fingerprint density at radius 2 is 1.17 bits per heavy atom. The zero-order chi connectivity index (χ0) is 10.2. The van der Waals surface area contributed by atoms with E-state index < -0.39 is 23.1 Å². The van der Waals surface area contributed by atoms with Gasteiger partial charge in [0.15, 0.2) is 5.41 Å². The SMILES string of the molecule is CC(CBr)(C(F)(F)F)C(F)(F)F. The molecule has 0 aliphatic carbocycles. The summed E-state index contributed by atoms with van der Waals surface area (Å²) in [6.45, 7) is 0.113. The largest absolute Gasteiger partial charge is 0.403 e. The van der Waals surface area contributed by atoms with Crippen LogP contribution < -0.4 is 0 Å². The van der Waals surface area contributed by atoms with Gasteiger partial charge in [-0.2, -0.15) is 26.3 Å². The molecule has 0 saturated carbocycles. The van der Waals surface area contributed by atoms with E-state index in [1.165, 1.54) is 0 Å². The van der Waals surface area contributed by atoms with E-state index in [0.29, 0.717) is 0 Å². The Hall–Kier alpha value is 0.0600. The number of alkyl halides is 7. The predicted octanol–water partition coefficient (Wildman–Crippen LogP) is 3.51. The third-order valence-electron chi connectivity index (χ3n) is 1.52. The van der Waals surface area contributed by atoms with Crippen molar-refractivity contribution in [1.29, 1.82) is 0 Å². The summed E-state index contributed by atoms with van der Waals surface area (Å²) >= 11 is 2.20. The molecule has 0 bridgehead atoms. The van der Waals surface area contributed by atoms with Crippen LogP contribution in [0.5, 0.6) is 0 Å². The highest BCUT2D eigenvalue weighted by Gasteiger charge is 2.66. The van der Waals surface area contributed by atoms with Gasteiger partial charge in [-0.25, -0.2) is 0 Å². The van der Waals surface area contributed by atoms with Gasteiger partial charge < -0.3 is 0 Å². The smallest absolute Gasteiger partial charge is 0.170 e. The van der Waals surface area contributed by atoms with Gasteiger partial charge in [0.25, 0.3) is 0 Å². The molecule has 0 saturated heterocycles. The fourth-order valence-corrected chi connectivity index (χ4v) is 0.948. The van der Waals surface area contributed by atoms with Crippen LogP contribution in [0.15, 0.2) is 0 Å². The van der Waals surface area contributed by atoms with Crippen LogP contribution in [-0.2, 0) is 0 Å². The lowest BCUT2D eigenvalue weighted by atomic mass is 9.92. The molecule has 0 aromatic heterocycles. The van der Waals surface area contributed by atoms with E-state index in [0.717, 1.165) is 0 Å². The minimum atomic E-state index is -5.28. The second kappa shape index (κ2) is 3.08. The summed E-state index contributed by atoms with van der Waals surface area (Å²) in [7, 11) is 0. The molecule has 7 heteroatoms. The molecular formula is C5H5BrF6. The molecule has 0 fully saturated rings. The molecule has 0 rings (SSSR count). The highest BCUT2D eigenvalue weighted by molar-refractivity contribution is 9.09. The molecular weight excluding hydrogens is 254 g/mol. The van der Waals surface area contributed by atoms with Crippen LogP contribution in [-0.4, -0.2) is 17.7 Å². The molecule has 0 aromatic rings. The second-order valence-electron chi connectivity index (χ2n) is 2.46. The van der Waals surface area contributed by atoms with Crippen molar-refractivity contribution in [2.75, 3.05) is 5.33 Å². The van der Waals surface area contributed by atoms with Crippen LogP contribution in [0.1, 0.15) is 6.92 Å². The average molecular weight is 259 g/mol. The van der Waals surface area contributed by atoms with E-state index in [1.807, 2.05) is 0 Å². The maximum absolute atomic E-state index is 11.9. The van der Waals surface area contributed by atoms with Crippen molar-refractivity contribution in [3.63, 3.8) is 0 Å². The topological polar surface area (TPSA) is 0 Å². The Balaban J connectivity index is 4.95. The molecule has 0 amide bonds. The first kappa shape index (κ1) is 12.1. The molecule has 0 N–H and O–H groups in total. The van der Waals surface area contributed by atoms with E-state index in [2.05, 4.69) is 15.9 Å². The maximum Gasteiger partial charge on any atom is 0.403 e. The predicted molar refractivity (Wildman–Crippen MR) is 34.0 cm³/mol. The Morgan fingerprint density at radius 1 is 0.917 bits per heavy atom. The first-order valence-corrected chi connectivity index (χ1v) is 3.88. The van der Waals surface area contributed by atoms with Gasteiger partial charge in [-0.3, -0.25) is 0 Å². The molecule has 12 heavy (non-hydrogen) atoms. The molecule has 0 nitrogen and oxygen atoms in total. The molecule has 0 aliphatic rings. The Bertz CT molecular complexity index is 142. The van der Waals surface area contributed by atoms with Crippen molar-refractivity contribution in [1.82, 2.24) is 0 Å². The zero-order valence-electron chi connectivity index (χ0n) is 5.85. The van der Waals surface area contributed by atoms with Gasteiger partial charge >= 0.3 is 12.4 Å². The van der Waals surface area contributed by atoms with Crippen LogP contribution in [0, 0.1) is 5.41 Å². The number of hydrogen-bond acceptors (Lipinski definition) is 0. The van der Waals surface area contributed by atoms with Gasteiger partial charge in [-0.15, -0.1) is 0 Å². The van der Waals surface area contributed by atoms with Gasteiger partial charge in [0.2, 0.25) is 0 Å². The van der Waals surface area contributed by atoms with E-state index in [4.69, 9.17) is 0 Å². The van der Waals surface area contributed by atoms with Crippen molar-refractivity contribution < 1.29 is 26.3 Å². The van der Waals surface area contributed by atoms with Crippen LogP contribution in [0.2, 0.25) is 0 Å². The minimum absolute atomic E-state index is 0.113. The lowest BCUT2D eigenvalue weighted by molar-refractivity contribution is -0.324. The van der Waals surface area contributed by atoms with Crippen molar-refractivity contribution >= 4 is 15.9 Å². The average Bonchev–Trinajstić information content (AvgIpc) is 1.81. The van der Waals surface area contributed by atoms with Gasteiger partial charge in [-0.05, 0) is 6.92 Å². The fourth-order valence-electron chi connectivity index (χ4n) is 0.312. The highest BCUT2D eigenvalue weighted by atomic mass is 79.9. The van der Waals surface area contributed by atoms with E-state index in [9.17, 15) is 26.3 Å². The first-order valence-electron chi connectivity index (χ1n) is 2.75. The van der Waals surface area contributed by atoms with Crippen molar-refractivity contribution in [3.8, 4) is 0 Å². The van der Waals surface area contributed by atoms with Crippen molar-refractivity contribution in [3.05, 3.63) is 0 Å². The molecule has 0 aromatic carbocycles. The zero-order valence-corrected chi connectivity index (χ0v) is 7.44. The molecule has 0 atom stereocenters. The molecule has 0 unspecified atom stereocenters.